The number of hydrogen-bond donors (Lipinski definition) is 1. The maximum absolute atomic E-state index is 12.3. The second-order valence-corrected chi connectivity index (χ2v) is 7.27. The van der Waals surface area contributed by atoms with Crippen LogP contribution in [0.15, 0.2) is 53.7 Å². The average Bonchev–Trinajstić information content (AvgIpc) is 2.95. The van der Waals surface area contributed by atoms with Gasteiger partial charge in [0.05, 0.1) is 29.4 Å². The van der Waals surface area contributed by atoms with Gasteiger partial charge in [-0.2, -0.15) is 0 Å². The lowest BCUT2D eigenvalue weighted by Gasteiger charge is -2.08. The summed E-state index contributed by atoms with van der Waals surface area (Å²) in [6, 6.07) is 12.3. The molecule has 0 atom stereocenters. The second kappa shape index (κ2) is 6.62. The van der Waals surface area contributed by atoms with Crippen molar-refractivity contribution < 1.29 is 13.2 Å². The molecule has 24 heavy (non-hydrogen) atoms. The van der Waals surface area contributed by atoms with Gasteiger partial charge in [0.25, 0.3) is 0 Å². The van der Waals surface area contributed by atoms with E-state index in [-0.39, 0.29) is 4.90 Å². The van der Waals surface area contributed by atoms with Gasteiger partial charge in [0.15, 0.2) is 0 Å². The number of aromatic nitrogens is 2. The number of ether oxygens (including phenoxy) is 1. The summed E-state index contributed by atoms with van der Waals surface area (Å²) in [7, 11) is -0.0348. The number of rotatable bonds is 6. The van der Waals surface area contributed by atoms with Crippen molar-refractivity contribution in [2.45, 2.75) is 11.3 Å². The van der Waals surface area contributed by atoms with Crippen LogP contribution in [0.25, 0.3) is 11.0 Å². The summed E-state index contributed by atoms with van der Waals surface area (Å²) in [6.07, 6.45) is 2.36. The fourth-order valence-corrected chi connectivity index (χ4v) is 3.54. The molecule has 0 saturated heterocycles. The van der Waals surface area contributed by atoms with E-state index in [1.54, 1.807) is 25.6 Å². The summed E-state index contributed by atoms with van der Waals surface area (Å²) in [4.78, 5) is 4.54. The van der Waals surface area contributed by atoms with Crippen LogP contribution in [0.2, 0.25) is 0 Å². The quantitative estimate of drug-likeness (QED) is 0.742. The third-order valence-electron chi connectivity index (χ3n) is 3.87. The minimum atomic E-state index is -3.52. The van der Waals surface area contributed by atoms with Crippen molar-refractivity contribution in [1.29, 1.82) is 0 Å². The number of nitrogens with one attached hydrogen (secondary N) is 1. The number of hydrogen-bond acceptors (Lipinski definition) is 4. The third kappa shape index (κ3) is 3.42. The molecular formula is C17H19N3O3S. The van der Waals surface area contributed by atoms with Gasteiger partial charge in [0.1, 0.15) is 5.75 Å². The molecule has 0 radical (unpaired) electrons. The Kier molecular flexibility index (Phi) is 4.55. The van der Waals surface area contributed by atoms with Crippen molar-refractivity contribution in [2.75, 3.05) is 13.7 Å². The van der Waals surface area contributed by atoms with Crippen LogP contribution in [0.3, 0.4) is 0 Å². The van der Waals surface area contributed by atoms with Crippen molar-refractivity contribution in [2.24, 2.45) is 7.05 Å². The van der Waals surface area contributed by atoms with Crippen LogP contribution in [0.4, 0.5) is 0 Å². The van der Waals surface area contributed by atoms with Gasteiger partial charge < -0.3 is 9.30 Å². The van der Waals surface area contributed by atoms with Crippen molar-refractivity contribution in [3.8, 4) is 5.75 Å². The van der Waals surface area contributed by atoms with Crippen LogP contribution in [-0.4, -0.2) is 31.6 Å². The topological polar surface area (TPSA) is 73.2 Å². The fourth-order valence-electron chi connectivity index (χ4n) is 2.51. The van der Waals surface area contributed by atoms with Gasteiger partial charge in [0, 0.05) is 13.6 Å². The van der Waals surface area contributed by atoms with Crippen molar-refractivity contribution >= 4 is 21.1 Å². The highest BCUT2D eigenvalue weighted by Gasteiger charge is 2.13. The molecule has 2 aromatic carbocycles. The van der Waals surface area contributed by atoms with Crippen molar-refractivity contribution in [3.05, 3.63) is 54.4 Å². The predicted octanol–water partition coefficient (Wildman–Crippen LogP) is 2.10. The van der Waals surface area contributed by atoms with Gasteiger partial charge in [-0.1, -0.05) is 6.07 Å². The lowest BCUT2D eigenvalue weighted by atomic mass is 10.1. The number of fused-ring (bicyclic) bond motifs is 1. The molecule has 0 bridgehead atoms. The lowest BCUT2D eigenvalue weighted by molar-refractivity contribution is 0.414. The van der Waals surface area contributed by atoms with Crippen LogP contribution >= 0.6 is 0 Å². The Bertz CT molecular complexity index is 947. The molecule has 0 unspecified atom stereocenters. The first-order valence-corrected chi connectivity index (χ1v) is 9.01. The van der Waals surface area contributed by atoms with E-state index in [1.807, 2.05) is 29.8 Å². The van der Waals surface area contributed by atoms with Crippen LogP contribution in [0, 0.1) is 0 Å². The van der Waals surface area contributed by atoms with Gasteiger partial charge in [-0.05, 0) is 48.4 Å². The first-order valence-electron chi connectivity index (χ1n) is 7.53. The summed E-state index contributed by atoms with van der Waals surface area (Å²) >= 11 is 0. The Labute approximate surface area is 141 Å². The SMILES string of the molecule is COc1ccc(S(=O)(=O)NCCc2ccc3c(c2)ncn3C)cc1. The smallest absolute Gasteiger partial charge is 0.240 e. The molecule has 126 valence electrons. The van der Waals surface area contributed by atoms with Crippen molar-refractivity contribution in [1.82, 2.24) is 14.3 Å². The van der Waals surface area contributed by atoms with E-state index in [9.17, 15) is 8.42 Å². The normalized spacial score (nSPS) is 11.8. The van der Waals surface area contributed by atoms with Gasteiger partial charge in [-0.3, -0.25) is 0 Å². The molecule has 0 aliphatic carbocycles. The van der Waals surface area contributed by atoms with E-state index < -0.39 is 10.0 Å². The molecule has 0 amide bonds. The average molecular weight is 345 g/mol. The molecule has 7 heteroatoms. The van der Waals surface area contributed by atoms with Crippen LogP contribution < -0.4 is 9.46 Å². The summed E-state index contributed by atoms with van der Waals surface area (Å²) in [5, 5.41) is 0. The van der Waals surface area contributed by atoms with Crippen LogP contribution in [0.5, 0.6) is 5.75 Å². The minimum Gasteiger partial charge on any atom is -0.497 e. The monoisotopic (exact) mass is 345 g/mol. The summed E-state index contributed by atoms with van der Waals surface area (Å²) in [5.41, 5.74) is 3.00. The van der Waals surface area contributed by atoms with E-state index in [4.69, 9.17) is 4.74 Å². The lowest BCUT2D eigenvalue weighted by Crippen LogP contribution is -2.25. The Morgan fingerprint density at radius 1 is 1.17 bits per heavy atom. The molecule has 3 aromatic rings. The van der Waals surface area contributed by atoms with Gasteiger partial charge in [-0.15, -0.1) is 0 Å². The molecule has 0 aliphatic heterocycles. The number of sulfonamides is 1. The first kappa shape index (κ1) is 16.5. The van der Waals surface area contributed by atoms with Gasteiger partial charge >= 0.3 is 0 Å². The largest absolute Gasteiger partial charge is 0.497 e. The molecule has 0 saturated carbocycles. The summed E-state index contributed by atoms with van der Waals surface area (Å²) in [5.74, 6) is 0.623. The molecule has 1 heterocycles. The minimum absolute atomic E-state index is 0.225. The molecule has 1 N–H and O–H groups in total. The molecule has 6 nitrogen and oxygen atoms in total. The van der Waals surface area contributed by atoms with Crippen LogP contribution in [-0.2, 0) is 23.5 Å². The van der Waals surface area contributed by atoms with Crippen molar-refractivity contribution in [3.63, 3.8) is 0 Å². The summed E-state index contributed by atoms with van der Waals surface area (Å²) < 4.78 is 34.1. The standard InChI is InChI=1S/C17H19N3O3S/c1-20-12-18-16-11-13(3-8-17(16)20)9-10-19-24(21,22)15-6-4-14(23-2)5-7-15/h3-8,11-12,19H,9-10H2,1-2H3. The second-order valence-electron chi connectivity index (χ2n) is 5.50. The molecule has 1 aromatic heterocycles. The van der Waals surface area contributed by atoms with E-state index in [0.29, 0.717) is 18.7 Å². The highest BCUT2D eigenvalue weighted by Crippen LogP contribution is 2.16. The first-order chi connectivity index (χ1) is 11.5. The zero-order chi connectivity index (χ0) is 17.2. The number of imidazole rings is 1. The molecule has 0 fully saturated rings. The summed E-state index contributed by atoms with van der Waals surface area (Å²) in [6.45, 7) is 0.326. The number of aryl methyl sites for hydroxylation is 1. The Hall–Kier alpha value is -2.38. The van der Waals surface area contributed by atoms with E-state index in [2.05, 4.69) is 9.71 Å². The Balaban J connectivity index is 1.65. The van der Waals surface area contributed by atoms with Crippen LogP contribution in [0.1, 0.15) is 5.56 Å². The third-order valence-corrected chi connectivity index (χ3v) is 5.34. The molecule has 0 aliphatic rings. The molecule has 3 rings (SSSR count). The van der Waals surface area contributed by atoms with Gasteiger partial charge in [0.2, 0.25) is 10.0 Å². The van der Waals surface area contributed by atoms with Gasteiger partial charge in [-0.25, -0.2) is 18.1 Å². The Morgan fingerprint density at radius 3 is 2.62 bits per heavy atom. The molecule has 0 spiro atoms. The van der Waals surface area contributed by atoms with E-state index in [1.165, 1.54) is 12.1 Å². The zero-order valence-electron chi connectivity index (χ0n) is 13.6. The zero-order valence-corrected chi connectivity index (χ0v) is 14.4. The Morgan fingerprint density at radius 2 is 1.92 bits per heavy atom. The maximum Gasteiger partial charge on any atom is 0.240 e. The number of nitrogens with zero attached hydrogens (tertiary/aromatic N) is 2. The van der Waals surface area contributed by atoms with E-state index >= 15 is 0 Å². The highest BCUT2D eigenvalue weighted by atomic mass is 32.2. The fraction of sp³-hybridized carbons (Fsp3) is 0.235. The number of benzene rings is 2. The highest BCUT2D eigenvalue weighted by molar-refractivity contribution is 7.89. The maximum atomic E-state index is 12.3. The predicted molar refractivity (Wildman–Crippen MR) is 92.6 cm³/mol. The number of methoxy groups -OCH3 is 1. The van der Waals surface area contributed by atoms with E-state index in [0.717, 1.165) is 16.6 Å². The molecular weight excluding hydrogens is 326 g/mol.